The number of hydrogen-bond donors (Lipinski definition) is 3. The summed E-state index contributed by atoms with van der Waals surface area (Å²) in [7, 11) is 0. The van der Waals surface area contributed by atoms with Crippen LogP contribution in [-0.2, 0) is 4.79 Å². The first-order chi connectivity index (χ1) is 12.5. The van der Waals surface area contributed by atoms with Crippen molar-refractivity contribution in [2.24, 2.45) is 0 Å². The quantitative estimate of drug-likeness (QED) is 0.598. The molecule has 0 aliphatic carbocycles. The van der Waals surface area contributed by atoms with Gasteiger partial charge in [0.1, 0.15) is 5.82 Å². The van der Waals surface area contributed by atoms with Crippen LogP contribution in [0.5, 0.6) is 0 Å². The second-order valence-electron chi connectivity index (χ2n) is 5.74. The third-order valence-electron chi connectivity index (χ3n) is 3.55. The summed E-state index contributed by atoms with van der Waals surface area (Å²) in [6.07, 6.45) is 1.67. The van der Waals surface area contributed by atoms with Crippen LogP contribution in [0, 0.1) is 6.92 Å². The first-order valence-electron chi connectivity index (χ1n) is 8.00. The van der Waals surface area contributed by atoms with Crippen LogP contribution in [0.2, 0.25) is 5.02 Å². The highest BCUT2D eigenvalue weighted by molar-refractivity contribution is 6.30. The molecule has 7 heteroatoms. The van der Waals surface area contributed by atoms with E-state index in [0.29, 0.717) is 22.5 Å². The number of hydrogen-bond acceptors (Lipinski definition) is 5. The molecule has 0 bridgehead atoms. The van der Waals surface area contributed by atoms with E-state index in [2.05, 4.69) is 25.9 Å². The Hall–Kier alpha value is -3.12. The number of anilines is 5. The van der Waals surface area contributed by atoms with Crippen molar-refractivity contribution in [3.8, 4) is 0 Å². The Balaban J connectivity index is 1.76. The Kier molecular flexibility index (Phi) is 5.34. The first kappa shape index (κ1) is 17.7. The minimum Gasteiger partial charge on any atom is -0.340 e. The van der Waals surface area contributed by atoms with E-state index in [0.717, 1.165) is 16.9 Å². The maximum atomic E-state index is 11.2. The molecule has 3 N–H and O–H groups in total. The number of nitrogens with one attached hydrogen (secondary N) is 3. The molecular weight excluding hydrogens is 350 g/mol. The highest BCUT2D eigenvalue weighted by Gasteiger charge is 2.04. The van der Waals surface area contributed by atoms with E-state index in [9.17, 15) is 4.79 Å². The van der Waals surface area contributed by atoms with Crippen molar-refractivity contribution in [3.63, 3.8) is 0 Å². The largest absolute Gasteiger partial charge is 0.340 e. The summed E-state index contributed by atoms with van der Waals surface area (Å²) in [4.78, 5) is 19.9. The number of nitrogens with zero attached hydrogens (tertiary/aromatic N) is 2. The zero-order valence-corrected chi connectivity index (χ0v) is 15.1. The van der Waals surface area contributed by atoms with E-state index in [-0.39, 0.29) is 5.91 Å². The molecule has 3 aromatic rings. The van der Waals surface area contributed by atoms with Crippen LogP contribution in [0.15, 0.2) is 54.7 Å². The van der Waals surface area contributed by atoms with Gasteiger partial charge in [-0.2, -0.15) is 4.98 Å². The molecule has 26 heavy (non-hydrogen) atoms. The van der Waals surface area contributed by atoms with E-state index in [1.165, 1.54) is 6.92 Å². The maximum Gasteiger partial charge on any atom is 0.229 e. The molecule has 0 saturated heterocycles. The van der Waals surface area contributed by atoms with Crippen LogP contribution < -0.4 is 16.0 Å². The van der Waals surface area contributed by atoms with Crippen molar-refractivity contribution >= 4 is 46.3 Å². The van der Waals surface area contributed by atoms with Gasteiger partial charge in [-0.25, -0.2) is 4.98 Å². The maximum absolute atomic E-state index is 11.2. The minimum atomic E-state index is -0.117. The van der Waals surface area contributed by atoms with E-state index in [1.807, 2.05) is 49.4 Å². The van der Waals surface area contributed by atoms with Gasteiger partial charge in [-0.05, 0) is 55.0 Å². The van der Waals surface area contributed by atoms with Crippen LogP contribution in [0.4, 0.5) is 28.8 Å². The molecule has 132 valence electrons. The zero-order valence-electron chi connectivity index (χ0n) is 14.4. The Morgan fingerprint density at radius 1 is 1.04 bits per heavy atom. The number of aryl methyl sites for hydroxylation is 1. The second kappa shape index (κ2) is 7.84. The predicted molar refractivity (Wildman–Crippen MR) is 106 cm³/mol. The highest BCUT2D eigenvalue weighted by Crippen LogP contribution is 2.23. The van der Waals surface area contributed by atoms with Crippen LogP contribution >= 0.6 is 11.6 Å². The molecule has 0 aliphatic rings. The van der Waals surface area contributed by atoms with Crippen LogP contribution in [0.25, 0.3) is 0 Å². The molecule has 0 fully saturated rings. The smallest absolute Gasteiger partial charge is 0.229 e. The number of benzene rings is 2. The third-order valence-corrected chi connectivity index (χ3v) is 3.78. The Morgan fingerprint density at radius 2 is 1.85 bits per heavy atom. The molecule has 3 rings (SSSR count). The summed E-state index contributed by atoms with van der Waals surface area (Å²) < 4.78 is 0. The number of rotatable bonds is 5. The number of halogens is 1. The Bertz CT molecular complexity index is 945. The lowest BCUT2D eigenvalue weighted by atomic mass is 10.2. The van der Waals surface area contributed by atoms with E-state index in [4.69, 9.17) is 11.6 Å². The molecule has 6 nitrogen and oxygen atoms in total. The molecule has 1 aromatic heterocycles. The summed E-state index contributed by atoms with van der Waals surface area (Å²) >= 11 is 5.98. The lowest BCUT2D eigenvalue weighted by Crippen LogP contribution is -2.06. The van der Waals surface area contributed by atoms with E-state index < -0.39 is 0 Å². The summed E-state index contributed by atoms with van der Waals surface area (Å²) in [5, 5.41) is 9.82. The van der Waals surface area contributed by atoms with Crippen molar-refractivity contribution in [3.05, 3.63) is 65.3 Å². The van der Waals surface area contributed by atoms with Gasteiger partial charge in [-0.3, -0.25) is 4.79 Å². The molecule has 0 unspecified atom stereocenters. The van der Waals surface area contributed by atoms with Gasteiger partial charge in [-0.1, -0.05) is 17.7 Å². The SMILES string of the molecule is CC(=O)Nc1cccc(Nc2ccnc(Nc3ccc(Cl)cc3C)n2)c1. The molecular formula is C19H18ClN5O. The van der Waals surface area contributed by atoms with Gasteiger partial charge < -0.3 is 16.0 Å². The Morgan fingerprint density at radius 3 is 2.62 bits per heavy atom. The number of carbonyl (C=O) groups excluding carboxylic acids is 1. The van der Waals surface area contributed by atoms with Crippen molar-refractivity contribution in [1.82, 2.24) is 9.97 Å². The van der Waals surface area contributed by atoms with Gasteiger partial charge in [0.25, 0.3) is 0 Å². The molecule has 0 saturated carbocycles. The fourth-order valence-corrected chi connectivity index (χ4v) is 2.63. The second-order valence-corrected chi connectivity index (χ2v) is 6.17. The number of carbonyl (C=O) groups is 1. The molecule has 0 aliphatic heterocycles. The van der Waals surface area contributed by atoms with Gasteiger partial charge in [-0.15, -0.1) is 0 Å². The fourth-order valence-electron chi connectivity index (χ4n) is 2.40. The van der Waals surface area contributed by atoms with E-state index >= 15 is 0 Å². The van der Waals surface area contributed by atoms with Gasteiger partial charge in [0.05, 0.1) is 0 Å². The fraction of sp³-hybridized carbons (Fsp3) is 0.105. The topological polar surface area (TPSA) is 78.9 Å². The van der Waals surface area contributed by atoms with Gasteiger partial charge >= 0.3 is 0 Å². The van der Waals surface area contributed by atoms with Gasteiger partial charge in [0.2, 0.25) is 11.9 Å². The van der Waals surface area contributed by atoms with Crippen LogP contribution in [-0.4, -0.2) is 15.9 Å². The molecule has 0 atom stereocenters. The average molecular weight is 368 g/mol. The predicted octanol–water partition coefficient (Wildman–Crippen LogP) is 4.88. The first-order valence-corrected chi connectivity index (χ1v) is 8.38. The number of amides is 1. The third kappa shape index (κ3) is 4.70. The lowest BCUT2D eigenvalue weighted by molar-refractivity contribution is -0.114. The summed E-state index contributed by atoms with van der Waals surface area (Å²) in [5.74, 6) is 0.988. The van der Waals surface area contributed by atoms with Crippen molar-refractivity contribution in [2.75, 3.05) is 16.0 Å². The average Bonchev–Trinajstić information content (AvgIpc) is 2.57. The summed E-state index contributed by atoms with van der Waals surface area (Å²) in [6.45, 7) is 3.44. The van der Waals surface area contributed by atoms with E-state index in [1.54, 1.807) is 12.3 Å². The number of aromatic nitrogens is 2. The molecule has 1 amide bonds. The monoisotopic (exact) mass is 367 g/mol. The van der Waals surface area contributed by atoms with Gasteiger partial charge in [0, 0.05) is 35.2 Å². The van der Waals surface area contributed by atoms with Crippen molar-refractivity contribution < 1.29 is 4.79 Å². The molecule has 2 aromatic carbocycles. The van der Waals surface area contributed by atoms with Crippen molar-refractivity contribution in [1.29, 1.82) is 0 Å². The van der Waals surface area contributed by atoms with Crippen LogP contribution in [0.1, 0.15) is 12.5 Å². The standard InChI is InChI=1S/C19H18ClN5O/c1-12-10-14(20)6-7-17(12)24-19-21-9-8-18(25-19)23-16-5-3-4-15(11-16)22-13(2)26/h3-11H,1-2H3,(H,22,26)(H2,21,23,24,25). The summed E-state index contributed by atoms with van der Waals surface area (Å²) in [5.41, 5.74) is 3.41. The molecule has 0 spiro atoms. The lowest BCUT2D eigenvalue weighted by Gasteiger charge is -2.11. The summed E-state index contributed by atoms with van der Waals surface area (Å²) in [6, 6.07) is 14.7. The minimum absolute atomic E-state index is 0.117. The normalized spacial score (nSPS) is 10.3. The Labute approximate surface area is 156 Å². The molecule has 1 heterocycles. The van der Waals surface area contributed by atoms with Crippen molar-refractivity contribution in [2.45, 2.75) is 13.8 Å². The molecule has 0 radical (unpaired) electrons. The van der Waals surface area contributed by atoms with Gasteiger partial charge in [0.15, 0.2) is 0 Å². The van der Waals surface area contributed by atoms with Crippen LogP contribution in [0.3, 0.4) is 0 Å². The highest BCUT2D eigenvalue weighted by atomic mass is 35.5. The zero-order chi connectivity index (χ0) is 18.5.